The molecule has 0 spiro atoms. The lowest BCUT2D eigenvalue weighted by atomic mass is 10.3. The summed E-state index contributed by atoms with van der Waals surface area (Å²) in [6.45, 7) is 1.31. The van der Waals surface area contributed by atoms with Crippen molar-refractivity contribution in [3.63, 3.8) is 0 Å². The molecular formula is C12H13N3O3. The molecule has 2 amide bonds. The van der Waals surface area contributed by atoms with Gasteiger partial charge in [-0.05, 0) is 18.6 Å². The number of anilines is 1. The third-order valence-electron chi connectivity index (χ3n) is 2.02. The van der Waals surface area contributed by atoms with Gasteiger partial charge in [-0.25, -0.2) is 4.79 Å². The van der Waals surface area contributed by atoms with Crippen LogP contribution in [0.3, 0.4) is 0 Å². The summed E-state index contributed by atoms with van der Waals surface area (Å²) < 4.78 is 0. The number of amides is 2. The number of aryl methyl sites for hydroxylation is 1. The van der Waals surface area contributed by atoms with Gasteiger partial charge in [0.15, 0.2) is 0 Å². The van der Waals surface area contributed by atoms with E-state index in [1.807, 2.05) is 6.92 Å². The first kappa shape index (κ1) is 13.5. The number of rotatable bonds is 4. The summed E-state index contributed by atoms with van der Waals surface area (Å²) in [6, 6.07) is 1.16. The highest BCUT2D eigenvalue weighted by molar-refractivity contribution is 5.91. The fourth-order valence-corrected chi connectivity index (χ4v) is 1.30. The Morgan fingerprint density at radius 1 is 1.56 bits per heavy atom. The van der Waals surface area contributed by atoms with E-state index in [0.717, 1.165) is 10.5 Å². The molecule has 1 rings (SSSR count). The molecule has 0 aliphatic carbocycles. The summed E-state index contributed by atoms with van der Waals surface area (Å²) >= 11 is 0. The van der Waals surface area contributed by atoms with Crippen molar-refractivity contribution in [2.75, 3.05) is 18.4 Å². The monoisotopic (exact) mass is 247 g/mol. The van der Waals surface area contributed by atoms with Crippen LogP contribution in [0.4, 0.5) is 10.5 Å². The molecule has 0 saturated carbocycles. The van der Waals surface area contributed by atoms with Crippen molar-refractivity contribution in [3.05, 3.63) is 24.0 Å². The summed E-state index contributed by atoms with van der Waals surface area (Å²) in [4.78, 5) is 27.3. The predicted molar refractivity (Wildman–Crippen MR) is 66.0 cm³/mol. The van der Waals surface area contributed by atoms with Crippen molar-refractivity contribution >= 4 is 17.7 Å². The second-order valence-electron chi connectivity index (χ2n) is 3.64. The maximum Gasteiger partial charge on any atom is 0.323 e. The van der Waals surface area contributed by atoms with Gasteiger partial charge in [0.25, 0.3) is 0 Å². The van der Waals surface area contributed by atoms with E-state index in [4.69, 9.17) is 11.5 Å². The lowest BCUT2D eigenvalue weighted by Crippen LogP contribution is -2.39. The molecule has 0 fully saturated rings. The number of nitrogens with one attached hydrogen (secondary N) is 1. The lowest BCUT2D eigenvalue weighted by molar-refractivity contribution is -0.137. The molecule has 2 N–H and O–H groups in total. The fraction of sp³-hybridized carbons (Fsp3) is 0.250. The number of aliphatic carboxylic acids is 1. The number of pyridine rings is 1. The number of carbonyl (C=O) groups excluding carboxylic acids is 1. The van der Waals surface area contributed by atoms with Crippen LogP contribution < -0.4 is 5.32 Å². The van der Waals surface area contributed by atoms with E-state index in [1.165, 1.54) is 6.20 Å². The molecule has 0 aliphatic heterocycles. The van der Waals surface area contributed by atoms with Crippen molar-refractivity contribution in [1.82, 2.24) is 9.88 Å². The van der Waals surface area contributed by atoms with E-state index < -0.39 is 18.5 Å². The Hall–Kier alpha value is -2.55. The number of nitrogens with zero attached hydrogens (tertiary/aromatic N) is 2. The van der Waals surface area contributed by atoms with Crippen LogP contribution in [0, 0.1) is 19.3 Å². The summed E-state index contributed by atoms with van der Waals surface area (Å²) in [6.07, 6.45) is 8.20. The Morgan fingerprint density at radius 3 is 2.83 bits per heavy atom. The number of hydrogen-bond donors (Lipinski definition) is 2. The third kappa shape index (κ3) is 4.14. The molecule has 0 unspecified atom stereocenters. The van der Waals surface area contributed by atoms with Gasteiger partial charge >= 0.3 is 12.0 Å². The summed E-state index contributed by atoms with van der Waals surface area (Å²) in [5.74, 6) is 1.11. The highest BCUT2D eigenvalue weighted by atomic mass is 16.4. The normalized spacial score (nSPS) is 9.33. The highest BCUT2D eigenvalue weighted by Gasteiger charge is 2.15. The predicted octanol–water partition coefficient (Wildman–Crippen LogP) is 0.942. The number of hydrogen-bond acceptors (Lipinski definition) is 3. The number of carboxylic acids is 1. The van der Waals surface area contributed by atoms with E-state index in [-0.39, 0.29) is 6.54 Å². The number of carbonyl (C=O) groups is 2. The Balaban J connectivity index is 2.72. The van der Waals surface area contributed by atoms with Gasteiger partial charge in [-0.2, -0.15) is 0 Å². The number of terminal acetylenes is 1. The molecule has 18 heavy (non-hydrogen) atoms. The Bertz CT molecular complexity index is 494. The van der Waals surface area contributed by atoms with Crippen molar-refractivity contribution in [1.29, 1.82) is 0 Å². The van der Waals surface area contributed by atoms with Crippen molar-refractivity contribution < 1.29 is 14.7 Å². The number of carboxylic acid groups (broad SMARTS) is 1. The van der Waals surface area contributed by atoms with Crippen LogP contribution in [0.5, 0.6) is 0 Å². The van der Waals surface area contributed by atoms with Crippen LogP contribution in [0.1, 0.15) is 5.56 Å². The average molecular weight is 247 g/mol. The maximum atomic E-state index is 11.8. The van der Waals surface area contributed by atoms with Gasteiger partial charge in [0, 0.05) is 6.20 Å². The second kappa shape index (κ2) is 6.25. The number of urea groups is 1. The average Bonchev–Trinajstić information content (AvgIpc) is 2.27. The van der Waals surface area contributed by atoms with Crippen LogP contribution in [0.25, 0.3) is 0 Å². The quantitative estimate of drug-likeness (QED) is 0.776. The zero-order valence-electron chi connectivity index (χ0n) is 9.88. The largest absolute Gasteiger partial charge is 0.480 e. The van der Waals surface area contributed by atoms with Crippen LogP contribution in [0.15, 0.2) is 18.5 Å². The molecule has 1 aromatic heterocycles. The Kier molecular flexibility index (Phi) is 4.69. The zero-order valence-corrected chi connectivity index (χ0v) is 9.88. The van der Waals surface area contributed by atoms with Crippen LogP contribution in [0.2, 0.25) is 0 Å². The van der Waals surface area contributed by atoms with E-state index in [1.54, 1.807) is 12.3 Å². The van der Waals surface area contributed by atoms with Crippen molar-refractivity contribution in [2.45, 2.75) is 6.92 Å². The molecule has 0 saturated heterocycles. The van der Waals surface area contributed by atoms with Gasteiger partial charge in [-0.15, -0.1) is 6.42 Å². The van der Waals surface area contributed by atoms with Crippen LogP contribution in [-0.4, -0.2) is 40.1 Å². The van der Waals surface area contributed by atoms with Gasteiger partial charge in [0.1, 0.15) is 6.54 Å². The van der Waals surface area contributed by atoms with Crippen molar-refractivity contribution in [3.8, 4) is 12.3 Å². The summed E-state index contributed by atoms with van der Waals surface area (Å²) in [5, 5.41) is 11.2. The minimum Gasteiger partial charge on any atom is -0.480 e. The topological polar surface area (TPSA) is 82.5 Å². The summed E-state index contributed by atoms with van der Waals surface area (Å²) in [5.41, 5.74) is 1.38. The minimum atomic E-state index is -1.12. The molecule has 0 atom stereocenters. The maximum absolute atomic E-state index is 11.8. The molecule has 6 nitrogen and oxygen atoms in total. The zero-order chi connectivity index (χ0) is 13.5. The van der Waals surface area contributed by atoms with E-state index in [0.29, 0.717) is 5.69 Å². The molecule has 6 heteroatoms. The van der Waals surface area contributed by atoms with E-state index in [9.17, 15) is 9.59 Å². The molecule has 0 aliphatic rings. The van der Waals surface area contributed by atoms with Crippen LogP contribution in [-0.2, 0) is 4.79 Å². The molecular weight excluding hydrogens is 234 g/mol. The third-order valence-corrected chi connectivity index (χ3v) is 2.02. The first-order valence-corrected chi connectivity index (χ1v) is 5.15. The fourth-order valence-electron chi connectivity index (χ4n) is 1.30. The SMILES string of the molecule is C#CCN(CC(=O)O)C(=O)Nc1cncc(C)c1. The smallest absolute Gasteiger partial charge is 0.323 e. The number of aromatic nitrogens is 1. The molecule has 1 aromatic rings. The molecule has 0 radical (unpaired) electrons. The second-order valence-corrected chi connectivity index (χ2v) is 3.64. The summed E-state index contributed by atoms with van der Waals surface area (Å²) in [7, 11) is 0. The van der Waals surface area contributed by atoms with Crippen LogP contribution >= 0.6 is 0 Å². The first-order valence-electron chi connectivity index (χ1n) is 5.15. The first-order chi connectivity index (χ1) is 8.52. The van der Waals surface area contributed by atoms with Gasteiger partial charge in [0.2, 0.25) is 0 Å². The van der Waals surface area contributed by atoms with E-state index in [2.05, 4.69) is 16.2 Å². The van der Waals surface area contributed by atoms with E-state index >= 15 is 0 Å². The molecule has 1 heterocycles. The molecule has 94 valence electrons. The highest BCUT2D eigenvalue weighted by Crippen LogP contribution is 2.08. The van der Waals surface area contributed by atoms with Gasteiger partial charge < -0.3 is 15.3 Å². The van der Waals surface area contributed by atoms with Gasteiger partial charge in [-0.1, -0.05) is 5.92 Å². The Morgan fingerprint density at radius 2 is 2.28 bits per heavy atom. The minimum absolute atomic E-state index is 0.0720. The molecule has 0 aromatic carbocycles. The van der Waals surface area contributed by atoms with Gasteiger partial charge in [0.05, 0.1) is 18.4 Å². The van der Waals surface area contributed by atoms with Crippen molar-refractivity contribution in [2.24, 2.45) is 0 Å². The Labute approximate surface area is 105 Å². The standard InChI is InChI=1S/C12H13N3O3/c1-3-4-15(8-11(16)17)12(18)14-10-5-9(2)6-13-7-10/h1,5-7H,4,8H2,2H3,(H,14,18)(H,16,17). The molecule has 0 bridgehead atoms. The lowest BCUT2D eigenvalue weighted by Gasteiger charge is -2.18. The van der Waals surface area contributed by atoms with Gasteiger partial charge in [-0.3, -0.25) is 9.78 Å².